The highest BCUT2D eigenvalue weighted by atomic mass is 32.1. The molecule has 0 saturated carbocycles. The van der Waals surface area contributed by atoms with Crippen LogP contribution in [0.2, 0.25) is 0 Å². The minimum atomic E-state index is -0.0640. The Bertz CT molecular complexity index is 761. The number of nitrogens with one attached hydrogen (secondary N) is 2. The van der Waals surface area contributed by atoms with Crippen LogP contribution >= 0.6 is 11.3 Å². The van der Waals surface area contributed by atoms with Gasteiger partial charge in [0.1, 0.15) is 17.0 Å². The molecule has 9 heteroatoms. The molecule has 0 radical (unpaired) electrons. The molecule has 27 heavy (non-hydrogen) atoms. The number of morpholine rings is 1. The van der Waals surface area contributed by atoms with Gasteiger partial charge in [0.2, 0.25) is 0 Å². The van der Waals surface area contributed by atoms with Crippen LogP contribution in [0.3, 0.4) is 0 Å². The molecule has 8 nitrogen and oxygen atoms in total. The third kappa shape index (κ3) is 5.13. The van der Waals surface area contributed by atoms with Crippen LogP contribution in [0, 0.1) is 6.92 Å². The Labute approximate surface area is 163 Å². The average molecular weight is 394 g/mol. The zero-order valence-corrected chi connectivity index (χ0v) is 16.7. The number of anilines is 1. The first kappa shape index (κ1) is 19.9. The fraction of sp³-hybridized carbons (Fsp3) is 0.611. The molecule has 2 aromatic rings. The normalized spacial score (nSPS) is 15.2. The van der Waals surface area contributed by atoms with E-state index in [2.05, 4.69) is 25.5 Å². The summed E-state index contributed by atoms with van der Waals surface area (Å²) in [5.41, 5.74) is 0.925. The van der Waals surface area contributed by atoms with Crippen molar-refractivity contribution in [3.63, 3.8) is 0 Å². The Kier molecular flexibility index (Phi) is 7.33. The third-order valence-corrected chi connectivity index (χ3v) is 5.77. The van der Waals surface area contributed by atoms with Gasteiger partial charge in [0, 0.05) is 46.4 Å². The van der Waals surface area contributed by atoms with Crippen molar-refractivity contribution in [2.24, 2.45) is 0 Å². The molecule has 2 aromatic heterocycles. The van der Waals surface area contributed by atoms with E-state index < -0.39 is 0 Å². The molecule has 0 bridgehead atoms. The van der Waals surface area contributed by atoms with E-state index in [0.29, 0.717) is 18.0 Å². The number of aryl methyl sites for hydroxylation is 1. The SMILES string of the molecule is COCCCNC(=O)c1sc2ncnc(NCCN3CCOCC3)c2c1C. The second-order valence-electron chi connectivity index (χ2n) is 6.44. The molecular formula is C18H27N5O3S. The lowest BCUT2D eigenvalue weighted by Gasteiger charge is -2.26. The third-order valence-electron chi connectivity index (χ3n) is 4.57. The van der Waals surface area contributed by atoms with E-state index in [1.807, 2.05) is 6.92 Å². The number of fused-ring (bicyclic) bond motifs is 1. The molecule has 1 fully saturated rings. The van der Waals surface area contributed by atoms with Gasteiger partial charge < -0.3 is 20.1 Å². The number of methoxy groups -OCH3 is 1. The van der Waals surface area contributed by atoms with Gasteiger partial charge in [-0.05, 0) is 18.9 Å². The first-order valence-electron chi connectivity index (χ1n) is 9.26. The molecule has 0 aliphatic carbocycles. The quantitative estimate of drug-likeness (QED) is 0.624. The standard InChI is InChI=1S/C18H27N5O3S/c1-13-14-16(19-5-6-23-7-10-26-11-8-23)21-12-22-18(14)27-15(13)17(24)20-4-3-9-25-2/h12H,3-11H2,1-2H3,(H,20,24)(H,19,21,22). The number of rotatable bonds is 9. The van der Waals surface area contributed by atoms with Gasteiger partial charge in [-0.3, -0.25) is 9.69 Å². The van der Waals surface area contributed by atoms with Crippen molar-refractivity contribution < 1.29 is 14.3 Å². The Hall–Kier alpha value is -1.81. The summed E-state index contributed by atoms with van der Waals surface area (Å²) in [6, 6.07) is 0. The van der Waals surface area contributed by atoms with E-state index in [4.69, 9.17) is 9.47 Å². The van der Waals surface area contributed by atoms with Crippen LogP contribution in [-0.2, 0) is 9.47 Å². The van der Waals surface area contributed by atoms with E-state index in [0.717, 1.165) is 67.4 Å². The smallest absolute Gasteiger partial charge is 0.261 e. The fourth-order valence-electron chi connectivity index (χ4n) is 3.08. The first-order chi connectivity index (χ1) is 13.2. The maximum Gasteiger partial charge on any atom is 0.261 e. The molecule has 0 aromatic carbocycles. The Morgan fingerprint density at radius 1 is 1.33 bits per heavy atom. The molecule has 0 spiro atoms. The second-order valence-corrected chi connectivity index (χ2v) is 7.44. The molecule has 3 rings (SSSR count). The molecule has 0 atom stereocenters. The second kappa shape index (κ2) is 9.93. The molecule has 148 valence electrons. The molecule has 0 unspecified atom stereocenters. The highest BCUT2D eigenvalue weighted by Crippen LogP contribution is 2.33. The number of carbonyl (C=O) groups excluding carboxylic acids is 1. The molecular weight excluding hydrogens is 366 g/mol. The highest BCUT2D eigenvalue weighted by Gasteiger charge is 2.19. The monoisotopic (exact) mass is 393 g/mol. The van der Waals surface area contributed by atoms with Crippen LogP contribution in [-0.4, -0.2) is 80.4 Å². The average Bonchev–Trinajstić information content (AvgIpc) is 3.04. The van der Waals surface area contributed by atoms with Gasteiger partial charge in [-0.15, -0.1) is 11.3 Å². The predicted molar refractivity (Wildman–Crippen MR) is 107 cm³/mol. The Morgan fingerprint density at radius 3 is 2.93 bits per heavy atom. The maximum absolute atomic E-state index is 12.5. The van der Waals surface area contributed by atoms with Crippen molar-refractivity contribution in [3.8, 4) is 0 Å². The zero-order chi connectivity index (χ0) is 19.1. The van der Waals surface area contributed by atoms with E-state index in [1.54, 1.807) is 13.4 Å². The van der Waals surface area contributed by atoms with E-state index >= 15 is 0 Å². The van der Waals surface area contributed by atoms with Crippen LogP contribution in [0.15, 0.2) is 6.33 Å². The van der Waals surface area contributed by atoms with Gasteiger partial charge in [0.05, 0.1) is 23.5 Å². The Morgan fingerprint density at radius 2 is 2.15 bits per heavy atom. The summed E-state index contributed by atoms with van der Waals surface area (Å²) in [5.74, 6) is 0.728. The van der Waals surface area contributed by atoms with Crippen molar-refractivity contribution in [1.82, 2.24) is 20.2 Å². The van der Waals surface area contributed by atoms with Crippen molar-refractivity contribution in [3.05, 3.63) is 16.8 Å². The van der Waals surface area contributed by atoms with Crippen molar-refractivity contribution in [2.75, 3.05) is 65.0 Å². The molecule has 1 saturated heterocycles. The summed E-state index contributed by atoms with van der Waals surface area (Å²) in [6.45, 7) is 8.43. The number of nitrogens with zero attached hydrogens (tertiary/aromatic N) is 3. The number of thiophene rings is 1. The zero-order valence-electron chi connectivity index (χ0n) is 15.9. The topological polar surface area (TPSA) is 88.6 Å². The molecule has 3 heterocycles. The number of carbonyl (C=O) groups is 1. The molecule has 1 aliphatic heterocycles. The minimum absolute atomic E-state index is 0.0640. The minimum Gasteiger partial charge on any atom is -0.385 e. The van der Waals surface area contributed by atoms with Crippen molar-refractivity contribution in [2.45, 2.75) is 13.3 Å². The largest absolute Gasteiger partial charge is 0.385 e. The summed E-state index contributed by atoms with van der Waals surface area (Å²) in [4.78, 5) is 25.2. The summed E-state index contributed by atoms with van der Waals surface area (Å²) >= 11 is 1.41. The van der Waals surface area contributed by atoms with Gasteiger partial charge >= 0.3 is 0 Å². The van der Waals surface area contributed by atoms with Gasteiger partial charge in [-0.2, -0.15) is 0 Å². The van der Waals surface area contributed by atoms with Crippen LogP contribution < -0.4 is 10.6 Å². The Balaban J connectivity index is 1.65. The van der Waals surface area contributed by atoms with Gasteiger partial charge in [0.25, 0.3) is 5.91 Å². The summed E-state index contributed by atoms with van der Waals surface area (Å²) in [6.07, 6.45) is 2.34. The van der Waals surface area contributed by atoms with Crippen LogP contribution in [0.5, 0.6) is 0 Å². The number of amides is 1. The van der Waals surface area contributed by atoms with Crippen molar-refractivity contribution >= 4 is 33.3 Å². The van der Waals surface area contributed by atoms with Crippen LogP contribution in [0.1, 0.15) is 21.7 Å². The fourth-order valence-corrected chi connectivity index (χ4v) is 4.14. The maximum atomic E-state index is 12.5. The lowest BCUT2D eigenvalue weighted by molar-refractivity contribution is 0.0398. The summed E-state index contributed by atoms with van der Waals surface area (Å²) in [7, 11) is 1.66. The predicted octanol–water partition coefficient (Wildman–Crippen LogP) is 1.51. The molecule has 1 aliphatic rings. The number of hydrogen-bond donors (Lipinski definition) is 2. The summed E-state index contributed by atoms with van der Waals surface area (Å²) < 4.78 is 10.4. The number of ether oxygens (including phenoxy) is 2. The highest BCUT2D eigenvalue weighted by molar-refractivity contribution is 7.20. The molecule has 1 amide bonds. The van der Waals surface area contributed by atoms with E-state index in [9.17, 15) is 4.79 Å². The van der Waals surface area contributed by atoms with E-state index in [1.165, 1.54) is 11.3 Å². The van der Waals surface area contributed by atoms with Crippen LogP contribution in [0.4, 0.5) is 5.82 Å². The van der Waals surface area contributed by atoms with Gasteiger partial charge in [0.15, 0.2) is 0 Å². The van der Waals surface area contributed by atoms with E-state index in [-0.39, 0.29) is 5.91 Å². The number of hydrogen-bond acceptors (Lipinski definition) is 8. The number of aromatic nitrogens is 2. The first-order valence-corrected chi connectivity index (χ1v) is 10.1. The lowest BCUT2D eigenvalue weighted by Crippen LogP contribution is -2.39. The van der Waals surface area contributed by atoms with Crippen LogP contribution in [0.25, 0.3) is 10.2 Å². The van der Waals surface area contributed by atoms with Crippen molar-refractivity contribution in [1.29, 1.82) is 0 Å². The van der Waals surface area contributed by atoms with Gasteiger partial charge in [-0.1, -0.05) is 0 Å². The summed E-state index contributed by atoms with van der Waals surface area (Å²) in [5, 5.41) is 7.29. The van der Waals surface area contributed by atoms with Gasteiger partial charge in [-0.25, -0.2) is 9.97 Å². The molecule has 2 N–H and O–H groups in total. The lowest BCUT2D eigenvalue weighted by atomic mass is 10.2.